The van der Waals surface area contributed by atoms with Crippen molar-refractivity contribution in [2.45, 2.75) is 37.6 Å². The van der Waals surface area contributed by atoms with Crippen molar-refractivity contribution in [1.29, 1.82) is 0 Å². The molecule has 2 aromatic heterocycles. The molecule has 2 heterocycles. The van der Waals surface area contributed by atoms with Gasteiger partial charge in [0.05, 0.1) is 6.04 Å². The first-order valence-corrected chi connectivity index (χ1v) is 10.2. The smallest absolute Gasteiger partial charge is 0.275 e. The van der Waals surface area contributed by atoms with Gasteiger partial charge >= 0.3 is 0 Å². The molecule has 1 atom stereocenters. The van der Waals surface area contributed by atoms with E-state index in [1.165, 1.54) is 19.2 Å². The third kappa shape index (κ3) is 4.92. The number of carbonyl (C=O) groups excluding carboxylic acids is 1. The fourth-order valence-corrected chi connectivity index (χ4v) is 4.26. The lowest BCUT2D eigenvalue weighted by molar-refractivity contribution is -0.00490. The Morgan fingerprint density at radius 1 is 1.36 bits per heavy atom. The lowest BCUT2D eigenvalue weighted by Gasteiger charge is -2.20. The van der Waals surface area contributed by atoms with Gasteiger partial charge in [-0.25, -0.2) is 31.3 Å². The minimum absolute atomic E-state index is 0.312. The van der Waals surface area contributed by atoms with Crippen LogP contribution in [0.4, 0.5) is 18.9 Å². The summed E-state index contributed by atoms with van der Waals surface area (Å²) in [6.45, 7) is 3.18. The standard InChI is InChI=1S/C16H18BrF3N4O3S/c1-8-5-10(6-12(17)21-8)22-15(25)14-13(18)11(7-24(14)4)28(26,27)23-9(2)16(3,19)20/h5-7,9,23H,1-4H3,(H,21,22,25). The second kappa shape index (κ2) is 7.84. The molecule has 0 aliphatic carbocycles. The molecule has 0 bridgehead atoms. The number of nitrogens with zero attached hydrogens (tertiary/aromatic N) is 2. The number of hydrogen-bond acceptors (Lipinski definition) is 4. The fourth-order valence-electron chi connectivity index (χ4n) is 2.31. The molecule has 0 aliphatic heterocycles. The van der Waals surface area contributed by atoms with Gasteiger partial charge < -0.3 is 9.88 Å². The Morgan fingerprint density at radius 2 is 1.96 bits per heavy atom. The van der Waals surface area contributed by atoms with Crippen LogP contribution in [0, 0.1) is 12.7 Å². The van der Waals surface area contributed by atoms with E-state index >= 15 is 0 Å². The van der Waals surface area contributed by atoms with Crippen molar-refractivity contribution in [3.8, 4) is 0 Å². The molecule has 0 radical (unpaired) electrons. The van der Waals surface area contributed by atoms with Crippen LogP contribution < -0.4 is 10.0 Å². The lowest BCUT2D eigenvalue weighted by atomic mass is 10.2. The average molecular weight is 483 g/mol. The first-order chi connectivity index (χ1) is 12.7. The van der Waals surface area contributed by atoms with Crippen molar-refractivity contribution in [1.82, 2.24) is 14.3 Å². The van der Waals surface area contributed by atoms with Crippen LogP contribution in [0.1, 0.15) is 30.0 Å². The van der Waals surface area contributed by atoms with E-state index in [2.05, 4.69) is 26.2 Å². The van der Waals surface area contributed by atoms with Gasteiger partial charge in [-0.05, 0) is 41.9 Å². The van der Waals surface area contributed by atoms with Crippen molar-refractivity contribution in [2.24, 2.45) is 7.05 Å². The Kier molecular flexibility index (Phi) is 6.26. The number of nitrogens with one attached hydrogen (secondary N) is 2. The largest absolute Gasteiger partial charge is 0.343 e. The highest BCUT2D eigenvalue weighted by molar-refractivity contribution is 9.10. The van der Waals surface area contributed by atoms with Crippen LogP contribution in [-0.4, -0.2) is 35.8 Å². The number of aromatic nitrogens is 2. The molecule has 12 heteroatoms. The number of hydrogen-bond donors (Lipinski definition) is 2. The summed E-state index contributed by atoms with van der Waals surface area (Å²) in [6.07, 6.45) is 0.848. The lowest BCUT2D eigenvalue weighted by Crippen LogP contribution is -2.43. The summed E-state index contributed by atoms with van der Waals surface area (Å²) in [5.74, 6) is -5.61. The topological polar surface area (TPSA) is 93.1 Å². The molecular weight excluding hydrogens is 465 g/mol. The molecule has 0 saturated heterocycles. The van der Waals surface area contributed by atoms with Crippen molar-refractivity contribution in [3.63, 3.8) is 0 Å². The van der Waals surface area contributed by atoms with Crippen LogP contribution in [-0.2, 0) is 17.1 Å². The summed E-state index contributed by atoms with van der Waals surface area (Å²) >= 11 is 3.17. The molecule has 2 aromatic rings. The monoisotopic (exact) mass is 482 g/mol. The SMILES string of the molecule is Cc1cc(NC(=O)c2c(F)c(S(=O)(=O)NC(C)C(C)(F)F)cn2C)cc(Br)n1. The number of amides is 1. The Labute approximate surface area is 168 Å². The van der Waals surface area contributed by atoms with Gasteiger partial charge in [0.1, 0.15) is 15.2 Å². The maximum absolute atomic E-state index is 14.7. The number of anilines is 1. The van der Waals surface area contributed by atoms with Crippen molar-refractivity contribution < 1.29 is 26.4 Å². The Morgan fingerprint density at radius 3 is 2.50 bits per heavy atom. The van der Waals surface area contributed by atoms with E-state index in [0.717, 1.165) is 17.7 Å². The zero-order valence-corrected chi connectivity index (χ0v) is 17.8. The van der Waals surface area contributed by atoms with Crippen molar-refractivity contribution in [3.05, 3.63) is 40.1 Å². The highest BCUT2D eigenvalue weighted by atomic mass is 79.9. The summed E-state index contributed by atoms with van der Waals surface area (Å²) in [4.78, 5) is 15.6. The van der Waals surface area contributed by atoms with Crippen LogP contribution in [0.3, 0.4) is 0 Å². The Hall–Kier alpha value is -1.92. The third-order valence-corrected chi connectivity index (χ3v) is 5.80. The zero-order chi connectivity index (χ0) is 21.4. The number of alkyl halides is 2. The summed E-state index contributed by atoms with van der Waals surface area (Å²) in [7, 11) is -3.35. The van der Waals surface area contributed by atoms with E-state index in [-0.39, 0.29) is 0 Å². The molecule has 0 aromatic carbocycles. The predicted octanol–water partition coefficient (Wildman–Crippen LogP) is 3.20. The van der Waals surface area contributed by atoms with Gasteiger partial charge in [0.15, 0.2) is 5.82 Å². The van der Waals surface area contributed by atoms with E-state index in [1.807, 2.05) is 0 Å². The molecule has 28 heavy (non-hydrogen) atoms. The van der Waals surface area contributed by atoms with Gasteiger partial charge in [-0.15, -0.1) is 0 Å². The molecule has 154 valence electrons. The second-order valence-electron chi connectivity index (χ2n) is 6.34. The highest BCUT2D eigenvalue weighted by Gasteiger charge is 2.36. The minimum atomic E-state index is -4.62. The molecule has 1 amide bonds. The molecule has 1 unspecified atom stereocenters. The van der Waals surface area contributed by atoms with Gasteiger partial charge in [-0.3, -0.25) is 4.79 Å². The first-order valence-electron chi connectivity index (χ1n) is 7.93. The predicted molar refractivity (Wildman–Crippen MR) is 100 cm³/mol. The molecular formula is C16H18BrF3N4O3S. The average Bonchev–Trinajstić information content (AvgIpc) is 2.80. The summed E-state index contributed by atoms with van der Waals surface area (Å²) in [6, 6.07) is 1.25. The molecule has 0 spiro atoms. The van der Waals surface area contributed by atoms with Crippen molar-refractivity contribution in [2.75, 3.05) is 5.32 Å². The second-order valence-corrected chi connectivity index (χ2v) is 8.84. The normalized spacial score (nSPS) is 13.4. The fraction of sp³-hybridized carbons (Fsp3) is 0.375. The minimum Gasteiger partial charge on any atom is -0.343 e. The van der Waals surface area contributed by atoms with Crippen molar-refractivity contribution >= 4 is 37.5 Å². The molecule has 0 saturated carbocycles. The van der Waals surface area contributed by atoms with Gasteiger partial charge in [0, 0.05) is 31.5 Å². The summed E-state index contributed by atoms with van der Waals surface area (Å²) in [5, 5.41) is 2.45. The molecule has 2 N–H and O–H groups in total. The van der Waals surface area contributed by atoms with E-state index in [0.29, 0.717) is 22.9 Å². The van der Waals surface area contributed by atoms with Gasteiger partial charge in [0.25, 0.3) is 11.8 Å². The molecule has 0 aliphatic rings. The van der Waals surface area contributed by atoms with Crippen LogP contribution in [0.15, 0.2) is 27.8 Å². The highest BCUT2D eigenvalue weighted by Crippen LogP contribution is 2.24. The number of halogens is 4. The Balaban J connectivity index is 2.36. The van der Waals surface area contributed by atoms with E-state index in [9.17, 15) is 26.4 Å². The van der Waals surface area contributed by atoms with E-state index < -0.39 is 44.3 Å². The summed E-state index contributed by atoms with van der Waals surface area (Å²) in [5.41, 5.74) is 0.326. The van der Waals surface area contributed by atoms with Gasteiger partial charge in [-0.1, -0.05) is 0 Å². The molecule has 7 nitrogen and oxygen atoms in total. The summed E-state index contributed by atoms with van der Waals surface area (Å²) < 4.78 is 69.0. The van der Waals surface area contributed by atoms with Gasteiger partial charge in [-0.2, -0.15) is 0 Å². The zero-order valence-electron chi connectivity index (χ0n) is 15.3. The maximum atomic E-state index is 14.7. The van der Waals surface area contributed by atoms with Crippen LogP contribution in [0.25, 0.3) is 0 Å². The number of carbonyl (C=O) groups is 1. The maximum Gasteiger partial charge on any atom is 0.275 e. The number of sulfonamides is 1. The molecule has 0 fully saturated rings. The quantitative estimate of drug-likeness (QED) is 0.618. The number of pyridine rings is 1. The van der Waals surface area contributed by atoms with E-state index in [1.54, 1.807) is 11.6 Å². The van der Waals surface area contributed by atoms with Crippen LogP contribution >= 0.6 is 15.9 Å². The number of rotatable bonds is 6. The van der Waals surface area contributed by atoms with E-state index in [4.69, 9.17) is 0 Å². The third-order valence-electron chi connectivity index (χ3n) is 3.86. The van der Waals surface area contributed by atoms with Crippen LogP contribution in [0.2, 0.25) is 0 Å². The van der Waals surface area contributed by atoms with Gasteiger partial charge in [0.2, 0.25) is 10.0 Å². The molecule has 2 rings (SSSR count). The van der Waals surface area contributed by atoms with Crippen LogP contribution in [0.5, 0.6) is 0 Å². The number of aryl methyl sites for hydroxylation is 2. The Bertz CT molecular complexity index is 999. The first kappa shape index (κ1) is 22.4.